The van der Waals surface area contributed by atoms with Gasteiger partial charge in [0.25, 0.3) is 0 Å². The van der Waals surface area contributed by atoms with E-state index in [1.165, 1.54) is 45.0 Å². The summed E-state index contributed by atoms with van der Waals surface area (Å²) in [7, 11) is 0. The highest BCUT2D eigenvalue weighted by Crippen LogP contribution is 2.26. The van der Waals surface area contributed by atoms with E-state index in [0.29, 0.717) is 16.7 Å². The molecule has 4 bridgehead atoms. The molecule has 0 spiro atoms. The van der Waals surface area contributed by atoms with Crippen LogP contribution >= 0.6 is 35.3 Å². The van der Waals surface area contributed by atoms with E-state index in [9.17, 15) is 112 Å². The lowest BCUT2D eigenvalue weighted by molar-refractivity contribution is -0.142. The van der Waals surface area contributed by atoms with Gasteiger partial charge in [-0.25, -0.2) is 0 Å². The molecule has 0 aromatic heterocycles. The number of aliphatic carboxylic acids is 3. The van der Waals surface area contributed by atoms with E-state index in [2.05, 4.69) is 106 Å². The first-order valence-corrected chi connectivity index (χ1v) is 47.0. The van der Waals surface area contributed by atoms with Crippen molar-refractivity contribution in [1.29, 1.82) is 21.6 Å². The third kappa shape index (κ3) is 44.3. The van der Waals surface area contributed by atoms with E-state index >= 15 is 9.59 Å². The number of thioether (sulfide) groups is 3. The summed E-state index contributed by atoms with van der Waals surface area (Å²) in [6.45, 7) is 0.520. The fraction of sp³-hybridized carbons (Fsp3) is 0.568. The fourth-order valence-electron chi connectivity index (χ4n) is 13.1. The molecule has 0 unspecified atom stereocenters. The number of carboxylic acid groups (broad SMARTS) is 3. The summed E-state index contributed by atoms with van der Waals surface area (Å²) < 4.78 is 0. The molecule has 4 rings (SSSR count). The van der Waals surface area contributed by atoms with Crippen LogP contribution in [0.2, 0.25) is 0 Å². The lowest BCUT2D eigenvalue weighted by Crippen LogP contribution is -2.62. The van der Waals surface area contributed by atoms with Crippen LogP contribution in [-0.4, -0.2) is 327 Å². The molecule has 138 heavy (non-hydrogen) atoms. The summed E-state index contributed by atoms with van der Waals surface area (Å²) in [5, 5.41) is 141. The molecule has 15 atom stereocenters. The lowest BCUT2D eigenvalue weighted by Gasteiger charge is -2.29. The van der Waals surface area contributed by atoms with Crippen LogP contribution in [0.3, 0.4) is 0 Å². The molecule has 0 saturated carbocycles. The number of carbonyl (C=O) groups excluding carboxylic acids is 16. The Bertz CT molecular complexity index is 4640. The summed E-state index contributed by atoms with van der Waals surface area (Å²) in [6, 6.07) is -16.4. The van der Waals surface area contributed by atoms with Gasteiger partial charge in [0, 0.05) is 73.5 Å². The molecule has 40 N–H and O–H groups in total. The van der Waals surface area contributed by atoms with E-state index in [4.69, 9.17) is 50.3 Å². The molecule has 54 nitrogen and oxygen atoms in total. The average Bonchev–Trinajstić information content (AvgIpc) is 0.828. The van der Waals surface area contributed by atoms with E-state index in [-0.39, 0.29) is 118 Å². The Morgan fingerprint density at radius 1 is 0.435 bits per heavy atom. The predicted molar refractivity (Wildman–Crippen MR) is 501 cm³/mol. The highest BCUT2D eigenvalue weighted by molar-refractivity contribution is 7.99. The van der Waals surface area contributed by atoms with Gasteiger partial charge in [-0.3, -0.25) is 113 Å². The van der Waals surface area contributed by atoms with Crippen molar-refractivity contribution in [2.45, 2.75) is 213 Å². The van der Waals surface area contributed by atoms with Gasteiger partial charge in [0.2, 0.25) is 94.5 Å². The Hall–Kier alpha value is -13.8. The van der Waals surface area contributed by atoms with Crippen LogP contribution in [0.5, 0.6) is 5.75 Å². The first-order valence-electron chi connectivity index (χ1n) is 43.5. The van der Waals surface area contributed by atoms with Gasteiger partial charge in [-0.15, -0.1) is 0 Å². The lowest BCUT2D eigenvalue weighted by atomic mass is 10.0. The highest BCUT2D eigenvalue weighted by atomic mass is 32.2. The maximum absolute atomic E-state index is 15.3. The summed E-state index contributed by atoms with van der Waals surface area (Å²) in [5.41, 5.74) is 29.5. The summed E-state index contributed by atoms with van der Waals surface area (Å²) in [6.07, 6.45) is -4.94. The number of carboxylic acids is 3. The van der Waals surface area contributed by atoms with Crippen LogP contribution in [-0.2, 0) is 115 Å². The number of hydrogen-bond donors (Lipinski definition) is 35. The van der Waals surface area contributed by atoms with Gasteiger partial charge in [-0.1, -0.05) is 44.2 Å². The quantitative estimate of drug-likeness (QED) is 0.0189. The first kappa shape index (κ1) is 116. The SMILES string of the molecule is CC(C)[C@@H]1NC(=O)[C@H](CCC(=O)O)NC(=O)[C@H](Cc2ccc(O)cc2)NC(=O)[C@H](CCCNC(=N)N)NC(=O)[C@H](CO)NC(=O)[C@@H](NC(=O)[C@H](C)N)CSCc2cc3cc(c2)CSC[C@H](NC(=O)[C@H](CC(=O)O)NC1=O)C(=O)N[C@@H](CCCNC(=N)N)C(=O)NCC(=O)N[C@@H](CCCNC(=N)N)C(=O)N[C@H](CCCNC(=N)N)C(=O)N[C@@H](CO)C(=O)N[C@@H](C)C(=O)N[C@H](C(=O)NCC(=O)O)CSC3. The van der Waals surface area contributed by atoms with E-state index in [1.54, 1.807) is 18.2 Å². The Morgan fingerprint density at radius 2 is 0.833 bits per heavy atom. The molecule has 2 aromatic rings. The molecule has 764 valence electrons. The summed E-state index contributed by atoms with van der Waals surface area (Å²) >= 11 is 2.85. The van der Waals surface area contributed by atoms with E-state index < -0.39 is 291 Å². The molecule has 57 heteroatoms. The van der Waals surface area contributed by atoms with Gasteiger partial charge >= 0.3 is 17.9 Å². The molecule has 2 aliphatic heterocycles. The van der Waals surface area contributed by atoms with Crippen LogP contribution in [0.15, 0.2) is 42.5 Å². The smallest absolute Gasteiger partial charge is 0.322 e. The van der Waals surface area contributed by atoms with Crippen molar-refractivity contribution < 1.29 is 122 Å². The van der Waals surface area contributed by atoms with Gasteiger partial charge in [-0.05, 0) is 112 Å². The number of guanidine groups is 4. The summed E-state index contributed by atoms with van der Waals surface area (Å²) in [4.78, 5) is 269. The maximum Gasteiger partial charge on any atom is 0.322 e. The van der Waals surface area contributed by atoms with Gasteiger partial charge in [0.05, 0.1) is 32.2 Å². The Morgan fingerprint density at radius 3 is 1.29 bits per heavy atom. The number of nitrogens with two attached hydrogens (primary N) is 5. The number of carbonyl (C=O) groups is 19. The number of phenols is 1. The molecule has 2 aliphatic rings. The van der Waals surface area contributed by atoms with Crippen LogP contribution in [0, 0.1) is 27.6 Å². The number of fused-ring (bicyclic) bond motifs is 5. The van der Waals surface area contributed by atoms with Gasteiger partial charge < -0.3 is 166 Å². The van der Waals surface area contributed by atoms with Crippen molar-refractivity contribution in [3.05, 3.63) is 64.7 Å². The van der Waals surface area contributed by atoms with Crippen molar-refractivity contribution in [1.82, 2.24) is 106 Å². The number of hydrogen-bond acceptors (Lipinski definition) is 30. The second-order valence-corrected chi connectivity index (χ2v) is 35.4. The zero-order valence-corrected chi connectivity index (χ0v) is 78.7. The Balaban J connectivity index is 2.10. The average molecular weight is 2000 g/mol. The van der Waals surface area contributed by atoms with Crippen molar-refractivity contribution in [3.63, 3.8) is 0 Å². The first-order chi connectivity index (χ1) is 65.2. The maximum atomic E-state index is 15.3. The molecular formula is C81H127N29O25S3. The molecule has 2 aromatic carbocycles. The number of benzene rings is 2. The Labute approximate surface area is 804 Å². The van der Waals surface area contributed by atoms with Crippen molar-refractivity contribution >= 4 is 172 Å². The minimum atomic E-state index is -2.20. The summed E-state index contributed by atoms with van der Waals surface area (Å²) in [5.74, 6) is -28.3. The van der Waals surface area contributed by atoms with Crippen LogP contribution < -0.4 is 135 Å². The number of aromatic hydroxyl groups is 1. The zero-order chi connectivity index (χ0) is 103. The monoisotopic (exact) mass is 2000 g/mol. The minimum Gasteiger partial charge on any atom is -0.508 e. The normalized spacial score (nSPS) is 23.4. The van der Waals surface area contributed by atoms with Crippen molar-refractivity contribution in [2.24, 2.45) is 34.6 Å². The van der Waals surface area contributed by atoms with Crippen molar-refractivity contribution in [2.75, 3.05) is 69.7 Å². The standard InChI is InChI=1S/C81H127N29O25S3/c1-38(2)62-77(135)104-52(27-60(117)118)72(130)109-57-37-138-34-44-24-42(23-43(25-44)33-137-36-56(107-63(121)39(3)82)76(134)106-54(31-112)74(132)101-48(11-7-21-93-80(87)88)68(126)103-51(26-41-13-15-45(113)16-14-41)71(129)102-50(70(128)110-62)17-18-59(115)116)32-136-35-55(66(124)96-29-61(119)120)108-64(122)40(4)97-73(131)53(30-111)105-69(127)49(12-8-22-94-81(89)90)100-67(125)47(10-6-20-92-79(85)86)98-58(114)28-95-65(123)46(99-75(57)133)9-5-19-91-78(83)84/h13-16,23-25,38-40,46-57,62,111-113H,5-12,17-22,26-37,82H2,1-4H3,(H,95,123)(H,96,124)(H,97,131)(H,98,114)(H,99,133)(H,100,125)(H,101,132)(H,102,129)(H,103,126)(H,104,135)(H,105,127)(H,106,134)(H,107,121)(H,108,122)(H,109,130)(H,110,128)(H,115,116)(H,117,118)(H,119,120)(H4,83,84,91)(H4,85,86,92)(H4,87,88,93)(H4,89,90,94)/t39-,40-,46-,47-,48-,49+,50-,51-,52-,53-,54-,55-,56-,57-,62-/m0/s1. The largest absolute Gasteiger partial charge is 0.508 e. The van der Waals surface area contributed by atoms with Gasteiger partial charge in [0.1, 0.15) is 96.9 Å². The molecule has 0 fully saturated rings. The van der Waals surface area contributed by atoms with Gasteiger partial charge in [0.15, 0.2) is 23.8 Å². The second kappa shape index (κ2) is 60.6. The highest BCUT2D eigenvalue weighted by Gasteiger charge is 2.40. The molecule has 2 heterocycles. The second-order valence-electron chi connectivity index (χ2n) is 32.3. The molecular weight excluding hydrogens is 1880 g/mol. The number of aliphatic hydroxyl groups excluding tert-OH is 2. The molecule has 0 radical (unpaired) electrons. The number of amides is 16. The third-order valence-electron chi connectivity index (χ3n) is 20.3. The molecule has 0 aliphatic carbocycles. The zero-order valence-electron chi connectivity index (χ0n) is 76.2. The Kier molecular flexibility index (Phi) is 51.2. The molecule has 0 saturated heterocycles. The minimum absolute atomic E-state index is 0.0375. The van der Waals surface area contributed by atoms with Crippen molar-refractivity contribution in [3.8, 4) is 5.75 Å². The number of phenolic OH excluding ortho intramolecular Hbond substituents is 1. The predicted octanol–water partition coefficient (Wildman–Crippen LogP) is -11.1. The number of nitrogens with one attached hydrogen (secondary N) is 24. The fourth-order valence-corrected chi connectivity index (χ4v) is 16.1. The molecule has 16 amide bonds. The van der Waals surface area contributed by atoms with Gasteiger partial charge in [-0.2, -0.15) is 35.3 Å². The van der Waals surface area contributed by atoms with E-state index in [1.807, 2.05) is 0 Å². The van der Waals surface area contributed by atoms with Crippen LogP contribution in [0.4, 0.5) is 0 Å². The van der Waals surface area contributed by atoms with Crippen LogP contribution in [0.1, 0.15) is 121 Å². The topological polar surface area (TPSA) is 912 Å². The number of rotatable bonds is 31. The third-order valence-corrected chi connectivity index (χ3v) is 23.7. The van der Waals surface area contributed by atoms with E-state index in [0.717, 1.165) is 42.2 Å². The number of aliphatic hydroxyl groups is 2. The van der Waals surface area contributed by atoms with Crippen LogP contribution in [0.25, 0.3) is 0 Å².